The van der Waals surface area contributed by atoms with Crippen LogP contribution in [-0.2, 0) is 21.4 Å². The van der Waals surface area contributed by atoms with Crippen molar-refractivity contribution in [3.63, 3.8) is 0 Å². The standard InChI is InChI=1S/C28H32N4O7.BrH/c1-6-38-21-13-17-18(9-16(21)12-23(34)35)26(30)32(24(17)27(31)36)14-20(33)15-10-19(28(2,3)4)25(37-5)22(11-15)39-8-7-29;/h9-11,13,24,30H,6,8,12,14H2,1-5H3,(H2,31,36)(H,34,35);1H. The Labute approximate surface area is 243 Å². The summed E-state index contributed by atoms with van der Waals surface area (Å²) >= 11 is 0. The van der Waals surface area contributed by atoms with Gasteiger partial charge in [-0.3, -0.25) is 19.8 Å². The number of ketones is 1. The number of halogens is 1. The summed E-state index contributed by atoms with van der Waals surface area (Å²) in [7, 11) is 1.47. The summed E-state index contributed by atoms with van der Waals surface area (Å²) in [6, 6.07) is 6.92. The minimum atomic E-state index is -1.14. The van der Waals surface area contributed by atoms with Gasteiger partial charge >= 0.3 is 5.97 Å². The van der Waals surface area contributed by atoms with Crippen LogP contribution in [0, 0.1) is 16.7 Å². The van der Waals surface area contributed by atoms with E-state index in [0.717, 1.165) is 0 Å². The van der Waals surface area contributed by atoms with E-state index in [1.54, 1.807) is 13.0 Å². The zero-order valence-corrected chi connectivity index (χ0v) is 24.7. The number of amides is 1. The van der Waals surface area contributed by atoms with E-state index in [2.05, 4.69) is 0 Å². The van der Waals surface area contributed by atoms with Crippen molar-refractivity contribution in [3.8, 4) is 23.3 Å². The van der Waals surface area contributed by atoms with Gasteiger partial charge < -0.3 is 30.0 Å². The number of nitrogens with one attached hydrogen (secondary N) is 1. The highest BCUT2D eigenvalue weighted by atomic mass is 79.9. The number of benzene rings is 2. The number of carbonyl (C=O) groups excluding carboxylic acids is 2. The number of Topliss-reactive ketones (excluding diaryl/α,β-unsaturated/α-hetero) is 1. The maximum absolute atomic E-state index is 13.6. The highest BCUT2D eigenvalue weighted by Gasteiger charge is 2.40. The van der Waals surface area contributed by atoms with E-state index in [1.165, 1.54) is 30.2 Å². The number of carboxylic acid groups (broad SMARTS) is 1. The monoisotopic (exact) mass is 616 g/mol. The second kappa shape index (κ2) is 12.8. The first kappa shape index (κ1) is 32.1. The summed E-state index contributed by atoms with van der Waals surface area (Å²) in [4.78, 5) is 38.9. The average Bonchev–Trinajstić information content (AvgIpc) is 3.11. The Hall–Kier alpha value is -4.11. The number of primary amides is 1. The van der Waals surface area contributed by atoms with Gasteiger partial charge in [0.05, 0.1) is 26.7 Å². The van der Waals surface area contributed by atoms with Gasteiger partial charge in [-0.2, -0.15) is 5.26 Å². The van der Waals surface area contributed by atoms with Gasteiger partial charge in [0, 0.05) is 22.3 Å². The lowest BCUT2D eigenvalue weighted by Gasteiger charge is -2.26. The molecule has 1 aliphatic rings. The van der Waals surface area contributed by atoms with Gasteiger partial charge in [-0.15, -0.1) is 17.0 Å². The third-order valence-corrected chi connectivity index (χ3v) is 6.29. The average molecular weight is 617 g/mol. The lowest BCUT2D eigenvalue weighted by atomic mass is 9.84. The van der Waals surface area contributed by atoms with E-state index in [1.807, 2.05) is 26.8 Å². The number of fused-ring (bicyclic) bond motifs is 1. The fraction of sp³-hybridized carbons (Fsp3) is 0.393. The molecule has 1 aliphatic heterocycles. The predicted octanol–water partition coefficient (Wildman–Crippen LogP) is 3.55. The number of rotatable bonds is 11. The molecule has 0 radical (unpaired) electrons. The van der Waals surface area contributed by atoms with E-state index < -0.39 is 29.1 Å². The number of hydrogen-bond acceptors (Lipinski definition) is 8. The second-order valence-electron chi connectivity index (χ2n) is 10.0. The van der Waals surface area contributed by atoms with Gasteiger partial charge in [0.15, 0.2) is 23.9 Å². The Kier molecular flexibility index (Phi) is 10.3. The predicted molar refractivity (Wildman–Crippen MR) is 152 cm³/mol. The van der Waals surface area contributed by atoms with Gasteiger partial charge in [-0.25, -0.2) is 0 Å². The molecule has 0 fully saturated rings. The fourth-order valence-corrected chi connectivity index (χ4v) is 4.59. The molecule has 1 heterocycles. The first-order chi connectivity index (χ1) is 18.3. The molecule has 40 heavy (non-hydrogen) atoms. The Morgan fingerprint density at radius 2 is 1.82 bits per heavy atom. The number of carboxylic acids is 1. The summed E-state index contributed by atoms with van der Waals surface area (Å²) in [6.07, 6.45) is -0.344. The molecule has 1 amide bonds. The normalized spacial score (nSPS) is 14.1. The molecule has 1 unspecified atom stereocenters. The zero-order chi connectivity index (χ0) is 29.1. The maximum Gasteiger partial charge on any atom is 0.307 e. The Bertz CT molecular complexity index is 1380. The van der Waals surface area contributed by atoms with Crippen LogP contribution in [-0.4, -0.2) is 60.4 Å². The molecule has 4 N–H and O–H groups in total. The first-order valence-electron chi connectivity index (χ1n) is 12.3. The molecule has 1 atom stereocenters. The number of methoxy groups -OCH3 is 1. The number of carbonyl (C=O) groups is 3. The van der Waals surface area contributed by atoms with Crippen LogP contribution >= 0.6 is 17.0 Å². The molecule has 11 nitrogen and oxygen atoms in total. The van der Waals surface area contributed by atoms with E-state index >= 15 is 0 Å². The van der Waals surface area contributed by atoms with E-state index in [9.17, 15) is 19.5 Å². The summed E-state index contributed by atoms with van der Waals surface area (Å²) in [5, 5.41) is 27.1. The number of nitrogens with zero attached hydrogens (tertiary/aromatic N) is 2. The molecule has 2 aromatic carbocycles. The van der Waals surface area contributed by atoms with Crippen LogP contribution in [0.1, 0.15) is 66.3 Å². The summed E-state index contributed by atoms with van der Waals surface area (Å²) in [6.45, 7) is 7.19. The third kappa shape index (κ3) is 6.54. The number of hydrogen-bond donors (Lipinski definition) is 3. The zero-order valence-electron chi connectivity index (χ0n) is 23.0. The molecule has 0 saturated carbocycles. The van der Waals surface area contributed by atoms with Crippen molar-refractivity contribution in [2.24, 2.45) is 5.73 Å². The number of nitrogens with two attached hydrogens (primary N) is 1. The highest BCUT2D eigenvalue weighted by molar-refractivity contribution is 8.93. The van der Waals surface area contributed by atoms with Crippen LogP contribution in [0.5, 0.6) is 17.2 Å². The molecule has 0 aliphatic carbocycles. The van der Waals surface area contributed by atoms with E-state index in [-0.39, 0.29) is 66.1 Å². The molecular formula is C28H33BrN4O7. The molecule has 0 spiro atoms. The molecule has 214 valence electrons. The van der Waals surface area contributed by atoms with Gasteiger partial charge in [0.2, 0.25) is 5.91 Å². The topological polar surface area (TPSA) is 176 Å². The van der Waals surface area contributed by atoms with Crippen molar-refractivity contribution < 1.29 is 33.7 Å². The lowest BCUT2D eigenvalue weighted by Crippen LogP contribution is -2.39. The first-order valence-corrected chi connectivity index (χ1v) is 12.3. The fourth-order valence-electron chi connectivity index (χ4n) is 4.59. The van der Waals surface area contributed by atoms with Gasteiger partial charge in [0.1, 0.15) is 23.7 Å². The van der Waals surface area contributed by atoms with E-state index in [0.29, 0.717) is 28.0 Å². The molecule has 12 heteroatoms. The van der Waals surface area contributed by atoms with Gasteiger partial charge in [0.25, 0.3) is 0 Å². The van der Waals surface area contributed by atoms with Crippen LogP contribution in [0.4, 0.5) is 0 Å². The Balaban J connectivity index is 0.00000560. The van der Waals surface area contributed by atoms with Crippen molar-refractivity contribution in [3.05, 3.63) is 52.1 Å². The minimum Gasteiger partial charge on any atom is -0.494 e. The Morgan fingerprint density at radius 1 is 1.15 bits per heavy atom. The molecular weight excluding hydrogens is 584 g/mol. The smallest absolute Gasteiger partial charge is 0.307 e. The summed E-state index contributed by atoms with van der Waals surface area (Å²) in [5.41, 5.74) is 7.20. The lowest BCUT2D eigenvalue weighted by molar-refractivity contribution is -0.136. The number of aliphatic carboxylic acids is 1. The maximum atomic E-state index is 13.6. The number of amidine groups is 1. The van der Waals surface area contributed by atoms with Crippen molar-refractivity contribution in [1.82, 2.24) is 4.90 Å². The third-order valence-electron chi connectivity index (χ3n) is 6.29. The molecule has 0 aromatic heterocycles. The van der Waals surface area contributed by atoms with Gasteiger partial charge in [-0.1, -0.05) is 20.8 Å². The Morgan fingerprint density at radius 3 is 2.35 bits per heavy atom. The number of ether oxygens (including phenoxy) is 3. The molecule has 0 bridgehead atoms. The van der Waals surface area contributed by atoms with Crippen LogP contribution in [0.15, 0.2) is 24.3 Å². The van der Waals surface area contributed by atoms with Crippen LogP contribution in [0.25, 0.3) is 0 Å². The SMILES string of the molecule is Br.CCOc1cc2c(cc1CC(=O)O)C(=N)N(CC(=O)c1cc(OCC#N)c(OC)c(C(C)(C)C)c1)C2C(N)=O. The van der Waals surface area contributed by atoms with Crippen molar-refractivity contribution >= 4 is 40.5 Å². The largest absolute Gasteiger partial charge is 0.494 e. The van der Waals surface area contributed by atoms with Crippen molar-refractivity contribution in [2.45, 2.75) is 45.6 Å². The van der Waals surface area contributed by atoms with Crippen LogP contribution in [0.2, 0.25) is 0 Å². The minimum absolute atomic E-state index is 0. The summed E-state index contributed by atoms with van der Waals surface area (Å²) < 4.78 is 16.7. The quantitative estimate of drug-likeness (QED) is 0.318. The van der Waals surface area contributed by atoms with Gasteiger partial charge in [-0.05, 0) is 42.2 Å². The second-order valence-corrected chi connectivity index (χ2v) is 10.0. The molecule has 0 saturated heterocycles. The summed E-state index contributed by atoms with van der Waals surface area (Å²) in [5.74, 6) is -1.52. The van der Waals surface area contributed by atoms with Crippen molar-refractivity contribution in [1.29, 1.82) is 10.7 Å². The van der Waals surface area contributed by atoms with E-state index in [4.69, 9.17) is 30.6 Å². The molecule has 3 rings (SSSR count). The van der Waals surface area contributed by atoms with Crippen molar-refractivity contribution in [2.75, 3.05) is 26.9 Å². The number of nitriles is 1. The molecule has 2 aromatic rings. The van der Waals surface area contributed by atoms with Crippen LogP contribution in [0.3, 0.4) is 0 Å². The van der Waals surface area contributed by atoms with Crippen LogP contribution < -0.4 is 19.9 Å². The highest BCUT2D eigenvalue weighted by Crippen LogP contribution is 2.41.